The number of piperidine rings is 1. The zero-order valence-corrected chi connectivity index (χ0v) is 21.1. The minimum Gasteiger partial charge on any atom is -0.445 e. The number of ether oxygens (including phenoxy) is 1. The second-order valence-electron chi connectivity index (χ2n) is 12.7. The number of amides is 2. The highest BCUT2D eigenvalue weighted by atomic mass is 16.6. The van der Waals surface area contributed by atoms with Crippen LogP contribution in [0.2, 0.25) is 0 Å². The molecular formula is C27H44N2O3. The van der Waals surface area contributed by atoms with Crippen LogP contribution in [0.25, 0.3) is 0 Å². The minimum absolute atomic E-state index is 0.0175. The van der Waals surface area contributed by atoms with Crippen molar-refractivity contribution in [2.75, 3.05) is 7.05 Å². The van der Waals surface area contributed by atoms with Crippen molar-refractivity contribution in [2.45, 2.75) is 104 Å². The third-order valence-electron chi connectivity index (χ3n) is 9.81. The van der Waals surface area contributed by atoms with Crippen molar-refractivity contribution in [2.24, 2.45) is 34.5 Å². The van der Waals surface area contributed by atoms with Crippen molar-refractivity contribution in [1.82, 2.24) is 10.2 Å². The predicted molar refractivity (Wildman–Crippen MR) is 127 cm³/mol. The molecule has 3 aliphatic carbocycles. The van der Waals surface area contributed by atoms with E-state index >= 15 is 0 Å². The number of nitrogens with one attached hydrogen (secondary N) is 1. The molecule has 5 heteroatoms. The predicted octanol–water partition coefficient (Wildman–Crippen LogP) is 5.55. The first-order valence-corrected chi connectivity index (χ1v) is 12.8. The van der Waals surface area contributed by atoms with E-state index in [2.05, 4.69) is 30.6 Å². The van der Waals surface area contributed by atoms with Crippen molar-refractivity contribution < 1.29 is 14.3 Å². The van der Waals surface area contributed by atoms with Crippen LogP contribution in [0.4, 0.5) is 4.79 Å². The third kappa shape index (κ3) is 3.77. The Labute approximate surface area is 194 Å². The van der Waals surface area contributed by atoms with Crippen molar-refractivity contribution in [3.63, 3.8) is 0 Å². The largest absolute Gasteiger partial charge is 0.445 e. The molecule has 1 N–H and O–H groups in total. The van der Waals surface area contributed by atoms with E-state index in [4.69, 9.17) is 4.74 Å². The van der Waals surface area contributed by atoms with Crippen LogP contribution in [0.1, 0.15) is 86.0 Å². The summed E-state index contributed by atoms with van der Waals surface area (Å²) in [7, 11) is 2.02. The molecule has 0 spiro atoms. The van der Waals surface area contributed by atoms with E-state index in [0.29, 0.717) is 42.0 Å². The fourth-order valence-electron chi connectivity index (χ4n) is 8.40. The average molecular weight is 445 g/mol. The van der Waals surface area contributed by atoms with Crippen LogP contribution in [0, 0.1) is 34.5 Å². The summed E-state index contributed by atoms with van der Waals surface area (Å²) >= 11 is 0. The van der Waals surface area contributed by atoms with Crippen LogP contribution in [0.5, 0.6) is 0 Å². The highest BCUT2D eigenvalue weighted by molar-refractivity contribution is 5.77. The number of carbonyl (C=O) groups is 2. The number of alkyl carbamates (subject to hydrolysis) is 1. The molecule has 2 amide bonds. The fourth-order valence-corrected chi connectivity index (χ4v) is 8.40. The standard InChI is InChI=1S/C27H44N2O3/c1-8-9-17-16-20-18-10-11-21-26(5,15-13-22(30)29(21)7)19(18)12-14-27(20,6)23(17)32-24(31)28-25(2,3)4/h8,17-21,23H,1,9-16H2,2-7H3,(H,28,31)/t17-,18+,19-,20-,21+,23-,26+,27-/m0/s1. The third-order valence-corrected chi connectivity index (χ3v) is 9.81. The molecule has 1 saturated heterocycles. The molecule has 8 atom stereocenters. The van der Waals surface area contributed by atoms with Gasteiger partial charge in [-0.25, -0.2) is 4.79 Å². The van der Waals surface area contributed by atoms with Gasteiger partial charge in [-0.1, -0.05) is 19.9 Å². The summed E-state index contributed by atoms with van der Waals surface area (Å²) in [6.45, 7) is 14.8. The van der Waals surface area contributed by atoms with Gasteiger partial charge >= 0.3 is 6.09 Å². The lowest BCUT2D eigenvalue weighted by Crippen LogP contribution is -2.61. The fraction of sp³-hybridized carbons (Fsp3) is 0.852. The molecule has 1 heterocycles. The average Bonchev–Trinajstić information content (AvgIpc) is 2.96. The molecule has 4 aliphatic rings. The second kappa shape index (κ2) is 8.06. The zero-order valence-electron chi connectivity index (χ0n) is 21.1. The number of fused-ring (bicyclic) bond motifs is 5. The molecule has 0 aromatic carbocycles. The first-order valence-electron chi connectivity index (χ1n) is 12.8. The summed E-state index contributed by atoms with van der Waals surface area (Å²) < 4.78 is 6.22. The van der Waals surface area contributed by atoms with Gasteiger partial charge in [0.25, 0.3) is 0 Å². The molecular weight excluding hydrogens is 400 g/mol. The molecule has 32 heavy (non-hydrogen) atoms. The van der Waals surface area contributed by atoms with Crippen molar-refractivity contribution in [1.29, 1.82) is 0 Å². The van der Waals surface area contributed by atoms with Gasteiger partial charge in [-0.15, -0.1) is 6.58 Å². The molecule has 3 saturated carbocycles. The first-order chi connectivity index (χ1) is 14.9. The lowest BCUT2D eigenvalue weighted by Gasteiger charge is -2.61. The van der Waals surface area contributed by atoms with Crippen molar-refractivity contribution >= 4 is 12.0 Å². The maximum atomic E-state index is 12.8. The lowest BCUT2D eigenvalue weighted by molar-refractivity contribution is -0.160. The monoisotopic (exact) mass is 444 g/mol. The summed E-state index contributed by atoms with van der Waals surface area (Å²) in [6, 6.07) is 0.379. The molecule has 1 aliphatic heterocycles. The Kier molecular flexibility index (Phi) is 5.95. The molecule has 0 aromatic heterocycles. The minimum atomic E-state index is -0.307. The van der Waals surface area contributed by atoms with E-state index in [0.717, 1.165) is 32.1 Å². The van der Waals surface area contributed by atoms with Gasteiger partial charge in [0, 0.05) is 36.4 Å². The van der Waals surface area contributed by atoms with Crippen molar-refractivity contribution in [3.05, 3.63) is 12.7 Å². The molecule has 180 valence electrons. The molecule has 0 radical (unpaired) electrons. The van der Waals surface area contributed by atoms with Gasteiger partial charge in [0.05, 0.1) is 0 Å². The zero-order chi connectivity index (χ0) is 23.5. The van der Waals surface area contributed by atoms with Gasteiger partial charge in [-0.05, 0) is 88.9 Å². The van der Waals surface area contributed by atoms with Gasteiger partial charge < -0.3 is 15.0 Å². The first kappa shape index (κ1) is 23.6. The van der Waals surface area contributed by atoms with E-state index in [-0.39, 0.29) is 28.6 Å². The Bertz CT molecular complexity index is 773. The maximum absolute atomic E-state index is 12.8. The Morgan fingerprint density at radius 3 is 2.56 bits per heavy atom. The Morgan fingerprint density at radius 2 is 1.91 bits per heavy atom. The molecule has 4 rings (SSSR count). The number of hydrogen-bond donors (Lipinski definition) is 1. The molecule has 5 nitrogen and oxygen atoms in total. The van der Waals surface area contributed by atoms with E-state index in [1.807, 2.05) is 33.9 Å². The summed E-state index contributed by atoms with van der Waals surface area (Å²) in [4.78, 5) is 27.2. The van der Waals surface area contributed by atoms with Crippen LogP contribution in [0.3, 0.4) is 0 Å². The molecule has 4 fully saturated rings. The van der Waals surface area contributed by atoms with E-state index in [9.17, 15) is 9.59 Å². The van der Waals surface area contributed by atoms with Crippen LogP contribution >= 0.6 is 0 Å². The number of likely N-dealkylation sites (tertiary alicyclic amines) is 1. The normalized spacial score (nSPS) is 43.7. The lowest BCUT2D eigenvalue weighted by atomic mass is 9.47. The Hall–Kier alpha value is -1.52. The van der Waals surface area contributed by atoms with Crippen molar-refractivity contribution in [3.8, 4) is 0 Å². The summed E-state index contributed by atoms with van der Waals surface area (Å²) in [6.07, 6.45) is 9.94. The summed E-state index contributed by atoms with van der Waals surface area (Å²) in [5, 5.41) is 3.01. The molecule has 0 aromatic rings. The van der Waals surface area contributed by atoms with Crippen LogP contribution in [0.15, 0.2) is 12.7 Å². The van der Waals surface area contributed by atoms with Gasteiger partial charge in [0.1, 0.15) is 6.10 Å². The van der Waals surface area contributed by atoms with Gasteiger partial charge in [0.2, 0.25) is 5.91 Å². The molecule has 0 unspecified atom stereocenters. The SMILES string of the molecule is C=CC[C@H]1C[C@H]2[C@@H]3CC[C@H]4N(C)C(=O)CC[C@]4(C)[C@H]3CC[C@]2(C)[C@H]1OC(=O)NC(C)(C)C. The summed E-state index contributed by atoms with van der Waals surface area (Å²) in [5.41, 5.74) is -0.0773. The number of nitrogens with zero attached hydrogens (tertiary/aromatic N) is 1. The van der Waals surface area contributed by atoms with Crippen LogP contribution in [-0.2, 0) is 9.53 Å². The number of rotatable bonds is 3. The van der Waals surface area contributed by atoms with E-state index in [1.165, 1.54) is 12.8 Å². The number of carbonyl (C=O) groups excluding carboxylic acids is 2. The van der Waals surface area contributed by atoms with Gasteiger partial charge in [-0.2, -0.15) is 0 Å². The Morgan fingerprint density at radius 1 is 1.19 bits per heavy atom. The smallest absolute Gasteiger partial charge is 0.407 e. The highest BCUT2D eigenvalue weighted by Crippen LogP contribution is 2.66. The number of hydrogen-bond acceptors (Lipinski definition) is 3. The quantitative estimate of drug-likeness (QED) is 0.581. The van der Waals surface area contributed by atoms with Crippen LogP contribution in [-0.4, -0.2) is 41.6 Å². The highest BCUT2D eigenvalue weighted by Gasteiger charge is 2.63. The Balaban J connectivity index is 1.59. The van der Waals surface area contributed by atoms with E-state index in [1.54, 1.807) is 0 Å². The summed E-state index contributed by atoms with van der Waals surface area (Å²) in [5.74, 6) is 2.54. The molecule has 0 bridgehead atoms. The van der Waals surface area contributed by atoms with E-state index < -0.39 is 0 Å². The van der Waals surface area contributed by atoms with Gasteiger partial charge in [0.15, 0.2) is 0 Å². The van der Waals surface area contributed by atoms with Crippen LogP contribution < -0.4 is 5.32 Å². The number of allylic oxidation sites excluding steroid dienone is 1. The van der Waals surface area contributed by atoms with Gasteiger partial charge in [-0.3, -0.25) is 4.79 Å². The maximum Gasteiger partial charge on any atom is 0.407 e. The second-order valence-corrected chi connectivity index (χ2v) is 12.7. The topological polar surface area (TPSA) is 58.6 Å².